The number of rotatable bonds is 9. The van der Waals surface area contributed by atoms with Gasteiger partial charge in [-0.15, -0.1) is 11.8 Å². The number of nitrogen functional groups attached to an aromatic ring is 1. The highest BCUT2D eigenvalue weighted by Gasteiger charge is 2.56. The van der Waals surface area contributed by atoms with E-state index in [9.17, 15) is 28.7 Å². The van der Waals surface area contributed by atoms with Crippen molar-refractivity contribution in [3.05, 3.63) is 17.1 Å². The first-order valence-corrected chi connectivity index (χ1v) is 13.6. The zero-order chi connectivity index (χ0) is 27.2. The normalized spacial score (nSPS) is 30.5. The number of aromatic nitrogens is 2. The molecule has 17 heteroatoms. The number of nitrogens with two attached hydrogens (primary N) is 2. The molecule has 3 amide bonds. The first-order chi connectivity index (χ1) is 18.1. The maximum Gasteiger partial charge on any atom is 0.278 e. The molecule has 14 nitrogen and oxygen atoms in total. The maximum atomic E-state index is 13.1. The fraction of sp³-hybridized carbons (Fsp3) is 0.571. The molecule has 2 bridgehead atoms. The summed E-state index contributed by atoms with van der Waals surface area (Å²) in [6, 6.07) is -1.07. The number of piperidine rings is 3. The quantitative estimate of drug-likeness (QED) is 0.125. The summed E-state index contributed by atoms with van der Waals surface area (Å²) >= 11 is 2.11. The number of aliphatic carboxylic acids is 1. The summed E-state index contributed by atoms with van der Waals surface area (Å²) in [5.74, 6) is -3.16. The standard InChI is InChI=1S/C21H25FN8O6S2/c22-9-36-27-11(14-26-20(24)38-28-14)15(31)25-12-16(32)29-13(18(33)34)10(8-37-17(12)29)7-30-4-1-21(2-5-30,3-6-30)19(23)35/h12,17H,1-9H2,(H5-,23,24,25,26,28,31,33,34,35)/b27-11-/t12-,17+,21?,30?/m1/s1. The molecule has 204 valence electrons. The Morgan fingerprint density at radius 1 is 1.29 bits per heavy atom. The van der Waals surface area contributed by atoms with Crippen LogP contribution in [0, 0.1) is 5.41 Å². The van der Waals surface area contributed by atoms with Gasteiger partial charge in [-0.1, -0.05) is 5.16 Å². The Bertz CT molecular complexity index is 1240. The molecule has 0 unspecified atom stereocenters. The molecule has 4 fully saturated rings. The van der Waals surface area contributed by atoms with Gasteiger partial charge in [0, 0.05) is 42.1 Å². The molecule has 6 heterocycles. The summed E-state index contributed by atoms with van der Waals surface area (Å²) in [4.78, 5) is 59.4. The number of fused-ring (bicyclic) bond motifs is 4. The maximum absolute atomic E-state index is 13.1. The van der Waals surface area contributed by atoms with Crippen LogP contribution in [0.25, 0.3) is 0 Å². The number of oxime groups is 1. The molecule has 0 saturated carbocycles. The topological polar surface area (TPSA) is 206 Å². The second kappa shape index (κ2) is 9.77. The predicted octanol–water partition coefficient (Wildman–Crippen LogP) is -2.34. The van der Waals surface area contributed by atoms with Crippen LogP contribution in [-0.2, 0) is 24.0 Å². The van der Waals surface area contributed by atoms with Gasteiger partial charge in [0.1, 0.15) is 18.0 Å². The van der Waals surface area contributed by atoms with Crippen LogP contribution in [0.4, 0.5) is 9.52 Å². The van der Waals surface area contributed by atoms with Crippen molar-refractivity contribution in [3.63, 3.8) is 0 Å². The molecule has 1 aromatic rings. The van der Waals surface area contributed by atoms with E-state index in [4.69, 9.17) is 11.5 Å². The van der Waals surface area contributed by atoms with Crippen LogP contribution in [0.5, 0.6) is 0 Å². The number of primary amides is 1. The largest absolute Gasteiger partial charge is 0.543 e. The van der Waals surface area contributed by atoms with Gasteiger partial charge in [0.25, 0.3) is 18.7 Å². The Labute approximate surface area is 224 Å². The number of nitrogens with one attached hydrogen (secondary N) is 1. The fourth-order valence-corrected chi connectivity index (χ4v) is 7.45. The van der Waals surface area contributed by atoms with Gasteiger partial charge < -0.3 is 36.0 Å². The van der Waals surface area contributed by atoms with Gasteiger partial charge in [-0.05, 0) is 0 Å². The van der Waals surface area contributed by atoms with Crippen molar-refractivity contribution < 1.29 is 38.0 Å². The second-order valence-electron chi connectivity index (χ2n) is 9.80. The molecule has 6 rings (SSSR count). The van der Waals surface area contributed by atoms with Crippen LogP contribution in [0.3, 0.4) is 0 Å². The third-order valence-electron chi connectivity index (χ3n) is 7.84. The van der Waals surface area contributed by atoms with E-state index in [0.29, 0.717) is 61.3 Å². The predicted molar refractivity (Wildman–Crippen MR) is 130 cm³/mol. The van der Waals surface area contributed by atoms with Crippen LogP contribution in [0.15, 0.2) is 16.4 Å². The second-order valence-corrected chi connectivity index (χ2v) is 11.7. The minimum absolute atomic E-state index is 0.0415. The average Bonchev–Trinajstić information content (AvgIpc) is 3.33. The Hall–Kier alpha value is -3.31. The molecule has 2 atom stereocenters. The number of carbonyl (C=O) groups excluding carboxylic acids is 4. The molecule has 0 radical (unpaired) electrons. The number of halogens is 1. The number of quaternary nitrogens is 1. The molecule has 0 aromatic carbocycles. The number of carboxylic acids is 1. The highest BCUT2D eigenvalue weighted by molar-refractivity contribution is 8.00. The molecular formula is C21H25FN8O6S2. The molecule has 1 aromatic heterocycles. The van der Waals surface area contributed by atoms with E-state index in [0.717, 1.165) is 16.4 Å². The lowest BCUT2D eigenvalue weighted by Gasteiger charge is -2.55. The first-order valence-electron chi connectivity index (χ1n) is 11.8. The summed E-state index contributed by atoms with van der Waals surface area (Å²) in [5.41, 5.74) is 10.6. The third kappa shape index (κ3) is 4.37. The molecule has 5 aliphatic rings. The van der Waals surface area contributed by atoms with Crippen molar-refractivity contribution in [3.8, 4) is 0 Å². The smallest absolute Gasteiger partial charge is 0.278 e. The van der Waals surface area contributed by atoms with Gasteiger partial charge >= 0.3 is 0 Å². The summed E-state index contributed by atoms with van der Waals surface area (Å²) in [7, 11) is 0. The van der Waals surface area contributed by atoms with Crippen molar-refractivity contribution >= 4 is 57.8 Å². The lowest BCUT2D eigenvalue weighted by Crippen LogP contribution is -2.72. The molecule has 0 spiro atoms. The van der Waals surface area contributed by atoms with Crippen LogP contribution in [0.1, 0.15) is 25.1 Å². The minimum Gasteiger partial charge on any atom is -0.543 e. The fourth-order valence-electron chi connectivity index (χ4n) is 5.68. The third-order valence-corrected chi connectivity index (χ3v) is 9.73. The minimum atomic E-state index is -1.47. The van der Waals surface area contributed by atoms with Gasteiger partial charge in [0.15, 0.2) is 5.13 Å². The van der Waals surface area contributed by atoms with Crippen molar-refractivity contribution in [1.82, 2.24) is 19.6 Å². The summed E-state index contributed by atoms with van der Waals surface area (Å²) < 4.78 is 17.0. The summed E-state index contributed by atoms with van der Waals surface area (Å²) in [6.45, 7) is 1.22. The zero-order valence-electron chi connectivity index (χ0n) is 20.1. The molecule has 0 aliphatic carbocycles. The Balaban J connectivity index is 1.32. The van der Waals surface area contributed by atoms with Crippen LogP contribution < -0.4 is 21.9 Å². The number of nitrogens with zero attached hydrogens (tertiary/aromatic N) is 5. The summed E-state index contributed by atoms with van der Waals surface area (Å²) in [6.07, 6.45) is 1.95. The average molecular weight is 569 g/mol. The number of carboxylic acid groups (broad SMARTS) is 1. The Morgan fingerprint density at radius 2 is 1.97 bits per heavy atom. The van der Waals surface area contributed by atoms with E-state index in [1.54, 1.807) is 0 Å². The number of amides is 3. The van der Waals surface area contributed by atoms with Gasteiger partial charge in [0.2, 0.25) is 17.4 Å². The molecule has 38 heavy (non-hydrogen) atoms. The number of thioether (sulfide) groups is 1. The molecule has 5 N–H and O–H groups in total. The van der Waals surface area contributed by atoms with E-state index in [2.05, 4.69) is 24.7 Å². The van der Waals surface area contributed by atoms with E-state index >= 15 is 0 Å². The lowest BCUT2D eigenvalue weighted by molar-refractivity contribution is -0.940. The van der Waals surface area contributed by atoms with Gasteiger partial charge in [0.05, 0.1) is 36.7 Å². The zero-order valence-corrected chi connectivity index (χ0v) is 21.7. The van der Waals surface area contributed by atoms with Crippen LogP contribution in [0.2, 0.25) is 0 Å². The Morgan fingerprint density at radius 3 is 2.53 bits per heavy atom. The summed E-state index contributed by atoms with van der Waals surface area (Å²) in [5, 5.41) is 17.4. The SMILES string of the molecule is NC(=O)C12CC[N+](CC3=C(C(=O)[O-])N4C(=O)[C@@H](NC(=O)/C(=N\OCF)c5nsc(N)n5)[C@@H]4SC3)(CC1)CC2. The number of anilines is 1. The number of alkyl halides is 1. The van der Waals surface area contributed by atoms with Crippen molar-refractivity contribution in [2.75, 3.05) is 44.5 Å². The number of β-lactam (4-membered cyclic amide) rings is 1. The van der Waals surface area contributed by atoms with Crippen molar-refractivity contribution in [1.29, 1.82) is 0 Å². The Kier molecular flexibility index (Phi) is 6.77. The van der Waals surface area contributed by atoms with Crippen LogP contribution >= 0.6 is 23.3 Å². The van der Waals surface area contributed by atoms with Crippen molar-refractivity contribution in [2.45, 2.75) is 30.7 Å². The molecule has 5 aliphatic heterocycles. The monoisotopic (exact) mass is 568 g/mol. The number of carbonyl (C=O) groups is 4. The van der Waals surface area contributed by atoms with Gasteiger partial charge in [-0.3, -0.25) is 19.3 Å². The highest BCUT2D eigenvalue weighted by Crippen LogP contribution is 2.46. The highest BCUT2D eigenvalue weighted by atomic mass is 32.2. The lowest BCUT2D eigenvalue weighted by atomic mass is 9.70. The van der Waals surface area contributed by atoms with E-state index in [1.165, 1.54) is 11.8 Å². The van der Waals surface area contributed by atoms with Crippen molar-refractivity contribution in [2.24, 2.45) is 16.3 Å². The van der Waals surface area contributed by atoms with Gasteiger partial charge in [-0.2, -0.15) is 9.36 Å². The number of hydrogen-bond acceptors (Lipinski definition) is 12. The van der Waals surface area contributed by atoms with E-state index in [1.807, 2.05) is 0 Å². The van der Waals surface area contributed by atoms with Crippen LogP contribution in [-0.4, -0.2) is 98.4 Å². The van der Waals surface area contributed by atoms with Gasteiger partial charge in [-0.25, -0.2) is 4.39 Å². The number of hydrogen-bond donors (Lipinski definition) is 3. The molecule has 4 saturated heterocycles. The first kappa shape index (κ1) is 26.3. The van der Waals surface area contributed by atoms with E-state index < -0.39 is 47.2 Å². The van der Waals surface area contributed by atoms with E-state index in [-0.39, 0.29) is 22.6 Å². The molecular weight excluding hydrogens is 543 g/mol.